The number of hydrogen-bond donors (Lipinski definition) is 1. The van der Waals surface area contributed by atoms with E-state index in [1.54, 1.807) is 0 Å². The first-order valence-electron chi connectivity index (χ1n) is 9.47. The Morgan fingerprint density at radius 2 is 2.27 bits per heavy atom. The standard InChI is InChI=1S/C17H19N5O4/c1-11-8-22(17(24)19-16(11)23)15-7-13(20-21-18)14(26-15)10-25-9-12-5-3-2-4-6-12/h2-6,8,13-15H,7,9-10H2,1H3,(H,19,23,24)/t13-,14-,15-/m1/s1/i1D3. The summed E-state index contributed by atoms with van der Waals surface area (Å²) in [5.41, 5.74) is 7.47. The van der Waals surface area contributed by atoms with Gasteiger partial charge in [0.1, 0.15) is 6.23 Å². The summed E-state index contributed by atoms with van der Waals surface area (Å²) in [5, 5.41) is 3.70. The average Bonchev–Trinajstić information content (AvgIpc) is 3.04. The molecule has 1 saturated heterocycles. The summed E-state index contributed by atoms with van der Waals surface area (Å²) >= 11 is 0. The molecule has 0 aliphatic carbocycles. The molecule has 1 aliphatic rings. The van der Waals surface area contributed by atoms with Crippen molar-refractivity contribution in [1.82, 2.24) is 9.55 Å². The van der Waals surface area contributed by atoms with Gasteiger partial charge in [0.05, 0.1) is 25.4 Å². The van der Waals surface area contributed by atoms with Gasteiger partial charge in [0.15, 0.2) is 0 Å². The molecule has 1 aromatic heterocycles. The second kappa shape index (κ2) is 8.01. The van der Waals surface area contributed by atoms with E-state index in [9.17, 15) is 9.59 Å². The molecule has 2 heterocycles. The van der Waals surface area contributed by atoms with Gasteiger partial charge >= 0.3 is 5.69 Å². The summed E-state index contributed by atoms with van der Waals surface area (Å²) in [5.74, 6) is 0. The van der Waals surface area contributed by atoms with Crippen LogP contribution in [0.1, 0.15) is 27.9 Å². The minimum absolute atomic E-state index is 0.110. The van der Waals surface area contributed by atoms with Gasteiger partial charge in [0.25, 0.3) is 5.56 Å². The fraction of sp³-hybridized carbons (Fsp3) is 0.412. The van der Waals surface area contributed by atoms with Gasteiger partial charge in [0, 0.05) is 27.2 Å². The van der Waals surface area contributed by atoms with E-state index in [2.05, 4.69) is 10.0 Å². The monoisotopic (exact) mass is 360 g/mol. The topological polar surface area (TPSA) is 122 Å². The normalized spacial score (nSPS) is 24.3. The predicted octanol–water partition coefficient (Wildman–Crippen LogP) is 2.03. The lowest BCUT2D eigenvalue weighted by Crippen LogP contribution is -2.33. The third-order valence-corrected chi connectivity index (χ3v) is 4.08. The Kier molecular flexibility index (Phi) is 4.41. The number of aromatic amines is 1. The maximum atomic E-state index is 12.2. The maximum Gasteiger partial charge on any atom is 0.330 e. The third-order valence-electron chi connectivity index (χ3n) is 4.08. The number of H-pyrrole nitrogens is 1. The van der Waals surface area contributed by atoms with Crippen molar-refractivity contribution in [2.75, 3.05) is 6.61 Å². The molecular formula is C17H19N5O4. The highest BCUT2D eigenvalue weighted by Gasteiger charge is 2.36. The quantitative estimate of drug-likeness (QED) is 0.481. The summed E-state index contributed by atoms with van der Waals surface area (Å²) in [4.78, 5) is 28.8. The molecule has 0 amide bonds. The first kappa shape index (κ1) is 14.3. The van der Waals surface area contributed by atoms with Crippen LogP contribution in [-0.2, 0) is 16.1 Å². The average molecular weight is 360 g/mol. The molecule has 1 aromatic carbocycles. The highest BCUT2D eigenvalue weighted by Crippen LogP contribution is 2.30. The Labute approximate surface area is 153 Å². The summed E-state index contributed by atoms with van der Waals surface area (Å²) in [6, 6.07) is 8.85. The molecule has 9 heteroatoms. The minimum atomic E-state index is -2.69. The van der Waals surface area contributed by atoms with E-state index < -0.39 is 42.0 Å². The number of aromatic nitrogens is 2. The van der Waals surface area contributed by atoms with E-state index in [1.807, 2.05) is 35.3 Å². The summed E-state index contributed by atoms with van der Waals surface area (Å²) in [6.45, 7) is -2.25. The van der Waals surface area contributed by atoms with Gasteiger partial charge in [0.2, 0.25) is 0 Å². The second-order valence-corrected chi connectivity index (χ2v) is 5.85. The van der Waals surface area contributed by atoms with E-state index in [-0.39, 0.29) is 13.0 Å². The molecule has 1 N–H and O–H groups in total. The molecule has 2 aromatic rings. The molecule has 0 spiro atoms. The van der Waals surface area contributed by atoms with Gasteiger partial charge in [-0.15, -0.1) is 0 Å². The largest absolute Gasteiger partial charge is 0.374 e. The first-order chi connectivity index (χ1) is 13.8. The van der Waals surface area contributed by atoms with Crippen LogP contribution in [-0.4, -0.2) is 28.3 Å². The number of aryl methyl sites for hydroxylation is 1. The fourth-order valence-electron chi connectivity index (χ4n) is 2.79. The van der Waals surface area contributed by atoms with E-state index in [0.717, 1.165) is 16.3 Å². The van der Waals surface area contributed by atoms with Crippen LogP contribution in [0.3, 0.4) is 0 Å². The van der Waals surface area contributed by atoms with Crippen molar-refractivity contribution in [2.45, 2.75) is 38.3 Å². The number of azide groups is 1. The first-order valence-corrected chi connectivity index (χ1v) is 7.97. The Morgan fingerprint density at radius 1 is 1.46 bits per heavy atom. The SMILES string of the molecule is [2H]C([2H])([2H])c1cn([C@H]2C[C@@H](N=[N+]=[N-])[C@@H](COCc3ccccc3)O2)c(=O)[nH]c1=O. The van der Waals surface area contributed by atoms with Crippen LogP contribution in [0.25, 0.3) is 10.4 Å². The Balaban J connectivity index is 1.77. The van der Waals surface area contributed by atoms with Crippen molar-refractivity contribution in [1.29, 1.82) is 0 Å². The van der Waals surface area contributed by atoms with Gasteiger partial charge in [-0.2, -0.15) is 0 Å². The summed E-state index contributed by atoms with van der Waals surface area (Å²) in [7, 11) is 0. The zero-order valence-electron chi connectivity index (χ0n) is 16.7. The van der Waals surface area contributed by atoms with Crippen molar-refractivity contribution in [3.63, 3.8) is 0 Å². The van der Waals surface area contributed by atoms with Crippen molar-refractivity contribution in [3.05, 3.63) is 78.9 Å². The molecule has 3 atom stereocenters. The van der Waals surface area contributed by atoms with Crippen LogP contribution in [0.15, 0.2) is 51.2 Å². The highest BCUT2D eigenvalue weighted by atomic mass is 16.6. The predicted molar refractivity (Wildman–Crippen MR) is 93.6 cm³/mol. The minimum Gasteiger partial charge on any atom is -0.374 e. The molecule has 26 heavy (non-hydrogen) atoms. The molecule has 0 radical (unpaired) electrons. The van der Waals surface area contributed by atoms with E-state index in [1.165, 1.54) is 0 Å². The van der Waals surface area contributed by atoms with Gasteiger partial charge in [-0.25, -0.2) is 4.79 Å². The highest BCUT2D eigenvalue weighted by molar-refractivity contribution is 5.13. The molecule has 3 rings (SSSR count). The lowest BCUT2D eigenvalue weighted by molar-refractivity contribution is -0.0488. The number of nitrogens with zero attached hydrogens (tertiary/aromatic N) is 4. The van der Waals surface area contributed by atoms with Crippen molar-refractivity contribution < 1.29 is 13.6 Å². The third kappa shape index (κ3) is 4.02. The molecule has 136 valence electrons. The number of benzene rings is 1. The van der Waals surface area contributed by atoms with Crippen LogP contribution < -0.4 is 11.2 Å². The zero-order chi connectivity index (χ0) is 21.0. The van der Waals surface area contributed by atoms with Crippen LogP contribution >= 0.6 is 0 Å². The Morgan fingerprint density at radius 3 is 3.00 bits per heavy atom. The number of ether oxygens (including phenoxy) is 2. The van der Waals surface area contributed by atoms with E-state index in [0.29, 0.717) is 6.61 Å². The molecule has 9 nitrogen and oxygen atoms in total. The molecule has 1 fully saturated rings. The number of nitrogens with one attached hydrogen (secondary N) is 1. The smallest absolute Gasteiger partial charge is 0.330 e. The van der Waals surface area contributed by atoms with Crippen LogP contribution in [0, 0.1) is 6.85 Å². The van der Waals surface area contributed by atoms with Crippen molar-refractivity contribution in [2.24, 2.45) is 5.11 Å². The molecule has 0 bridgehead atoms. The molecule has 1 aliphatic heterocycles. The van der Waals surface area contributed by atoms with Gasteiger partial charge < -0.3 is 9.47 Å². The number of rotatable bonds is 6. The van der Waals surface area contributed by atoms with Crippen LogP contribution in [0.2, 0.25) is 0 Å². The Bertz CT molecular complexity index is 1010. The summed E-state index contributed by atoms with van der Waals surface area (Å²) in [6.07, 6.45) is -0.425. The van der Waals surface area contributed by atoms with Gasteiger partial charge in [-0.05, 0) is 17.9 Å². The van der Waals surface area contributed by atoms with Crippen LogP contribution in [0.4, 0.5) is 0 Å². The maximum absolute atomic E-state index is 12.2. The molecule has 0 unspecified atom stereocenters. The fourth-order valence-corrected chi connectivity index (χ4v) is 2.79. The number of hydrogen-bond acceptors (Lipinski definition) is 5. The lowest BCUT2D eigenvalue weighted by Gasteiger charge is -2.17. The van der Waals surface area contributed by atoms with Gasteiger partial charge in [-0.1, -0.05) is 35.4 Å². The van der Waals surface area contributed by atoms with Crippen molar-refractivity contribution >= 4 is 0 Å². The lowest BCUT2D eigenvalue weighted by atomic mass is 10.1. The van der Waals surface area contributed by atoms with E-state index >= 15 is 0 Å². The summed E-state index contributed by atoms with van der Waals surface area (Å²) < 4.78 is 34.8. The second-order valence-electron chi connectivity index (χ2n) is 5.85. The van der Waals surface area contributed by atoms with Crippen molar-refractivity contribution in [3.8, 4) is 0 Å². The zero-order valence-corrected chi connectivity index (χ0v) is 13.7. The molecule has 0 saturated carbocycles. The molecular weight excluding hydrogens is 338 g/mol. The van der Waals surface area contributed by atoms with Crippen LogP contribution in [0.5, 0.6) is 0 Å². The van der Waals surface area contributed by atoms with E-state index in [4.69, 9.17) is 19.1 Å². The Hall–Kier alpha value is -2.87. The van der Waals surface area contributed by atoms with Gasteiger partial charge in [-0.3, -0.25) is 14.3 Å².